The molecular weight excluding hydrogens is 406 g/mol. The summed E-state index contributed by atoms with van der Waals surface area (Å²) in [4.78, 5) is 18.3. The minimum absolute atomic E-state index is 0.165. The van der Waals surface area contributed by atoms with Crippen molar-refractivity contribution in [3.63, 3.8) is 0 Å². The monoisotopic (exact) mass is 433 g/mol. The van der Waals surface area contributed by atoms with Crippen LogP contribution in [0.1, 0.15) is 20.8 Å². The lowest BCUT2D eigenvalue weighted by atomic mass is 10.1. The first-order valence-electron chi connectivity index (χ1n) is 9.88. The van der Waals surface area contributed by atoms with Crippen LogP contribution in [0.2, 0.25) is 5.15 Å². The van der Waals surface area contributed by atoms with Gasteiger partial charge >= 0.3 is 6.09 Å². The number of pyridine rings is 1. The maximum Gasteiger partial charge on any atom is 0.410 e. The Balaban J connectivity index is 1.67. The standard InChI is InChI=1S/C22H28ClN3O4/c1-22(2,3)30-21(27)26-9-10-29-17(14-26)12-24-19-11-20(23)25-13-18(19)15-5-7-16(28-4)8-6-15/h5-8,11,13,17H,9-10,12,14H2,1-4H3,(H,24,25)/t17-/m0/s1. The molecule has 0 aliphatic carbocycles. The van der Waals surface area contributed by atoms with Crippen LogP contribution in [0.25, 0.3) is 11.1 Å². The van der Waals surface area contributed by atoms with E-state index >= 15 is 0 Å². The molecule has 30 heavy (non-hydrogen) atoms. The Morgan fingerprint density at radius 3 is 2.73 bits per heavy atom. The highest BCUT2D eigenvalue weighted by Crippen LogP contribution is 2.30. The van der Waals surface area contributed by atoms with E-state index in [-0.39, 0.29) is 12.2 Å². The number of carbonyl (C=O) groups excluding carboxylic acids is 1. The van der Waals surface area contributed by atoms with E-state index in [1.165, 1.54) is 0 Å². The summed E-state index contributed by atoms with van der Waals surface area (Å²) < 4.78 is 16.5. The molecule has 3 rings (SSSR count). The minimum atomic E-state index is -0.524. The molecule has 2 aromatic rings. The summed E-state index contributed by atoms with van der Waals surface area (Å²) in [5.41, 5.74) is 2.23. The third-order valence-electron chi connectivity index (χ3n) is 4.58. The third-order valence-corrected chi connectivity index (χ3v) is 4.79. The van der Waals surface area contributed by atoms with Crippen LogP contribution in [0.3, 0.4) is 0 Å². The van der Waals surface area contributed by atoms with Gasteiger partial charge in [-0.15, -0.1) is 0 Å². The molecule has 1 aliphatic rings. The van der Waals surface area contributed by atoms with Crippen molar-refractivity contribution in [2.45, 2.75) is 32.5 Å². The van der Waals surface area contributed by atoms with E-state index in [2.05, 4.69) is 10.3 Å². The van der Waals surface area contributed by atoms with Crippen LogP contribution in [-0.2, 0) is 9.47 Å². The third kappa shape index (κ3) is 6.00. The molecule has 1 N–H and O–H groups in total. The van der Waals surface area contributed by atoms with Crippen molar-refractivity contribution >= 4 is 23.4 Å². The molecule has 1 aromatic carbocycles. The summed E-state index contributed by atoms with van der Waals surface area (Å²) in [5.74, 6) is 0.785. The van der Waals surface area contributed by atoms with E-state index in [0.717, 1.165) is 22.6 Å². The molecular formula is C22H28ClN3O4. The van der Waals surface area contributed by atoms with Crippen molar-refractivity contribution in [3.8, 4) is 16.9 Å². The normalized spacial score (nSPS) is 16.8. The van der Waals surface area contributed by atoms with Crippen molar-refractivity contribution in [1.29, 1.82) is 0 Å². The molecule has 1 fully saturated rings. The van der Waals surface area contributed by atoms with E-state index in [4.69, 9.17) is 25.8 Å². The quantitative estimate of drug-likeness (QED) is 0.702. The summed E-state index contributed by atoms with van der Waals surface area (Å²) in [6.45, 7) is 7.54. The Morgan fingerprint density at radius 1 is 1.33 bits per heavy atom. The van der Waals surface area contributed by atoms with Crippen molar-refractivity contribution < 1.29 is 19.0 Å². The number of nitrogens with one attached hydrogen (secondary N) is 1. The number of hydrogen-bond acceptors (Lipinski definition) is 6. The van der Waals surface area contributed by atoms with E-state index < -0.39 is 5.60 Å². The molecule has 1 atom stereocenters. The van der Waals surface area contributed by atoms with Crippen molar-refractivity contribution in [3.05, 3.63) is 41.7 Å². The molecule has 8 heteroatoms. The zero-order valence-electron chi connectivity index (χ0n) is 17.8. The van der Waals surface area contributed by atoms with Gasteiger partial charge in [0.2, 0.25) is 0 Å². The molecule has 1 amide bonds. The molecule has 1 aliphatic heterocycles. The Bertz CT molecular complexity index is 868. The van der Waals surface area contributed by atoms with Crippen LogP contribution in [0.5, 0.6) is 5.75 Å². The van der Waals surface area contributed by atoms with Gasteiger partial charge < -0.3 is 24.4 Å². The number of methoxy groups -OCH3 is 1. The molecule has 0 spiro atoms. The molecule has 0 bridgehead atoms. The number of benzene rings is 1. The first-order valence-corrected chi connectivity index (χ1v) is 10.3. The Kier molecular flexibility index (Phi) is 7.05. The number of aromatic nitrogens is 1. The van der Waals surface area contributed by atoms with Crippen molar-refractivity contribution in [2.75, 3.05) is 38.7 Å². The van der Waals surface area contributed by atoms with E-state index in [1.807, 2.05) is 45.0 Å². The number of carbonyl (C=O) groups is 1. The van der Waals surface area contributed by atoms with Crippen LogP contribution in [0.4, 0.5) is 10.5 Å². The highest BCUT2D eigenvalue weighted by Gasteiger charge is 2.28. The first kappa shape index (κ1) is 22.2. The SMILES string of the molecule is COc1ccc(-c2cnc(Cl)cc2NC[C@H]2CN(C(=O)OC(C)(C)C)CCO2)cc1. The van der Waals surface area contributed by atoms with Crippen LogP contribution < -0.4 is 10.1 Å². The molecule has 7 nitrogen and oxygen atoms in total. The number of halogens is 1. The summed E-state index contributed by atoms with van der Waals surface area (Å²) in [6, 6.07) is 9.52. The van der Waals surface area contributed by atoms with Gasteiger partial charge in [-0.2, -0.15) is 0 Å². The fourth-order valence-electron chi connectivity index (χ4n) is 3.14. The second-order valence-electron chi connectivity index (χ2n) is 8.08. The second-order valence-corrected chi connectivity index (χ2v) is 8.47. The number of rotatable bonds is 5. The largest absolute Gasteiger partial charge is 0.497 e. The first-order chi connectivity index (χ1) is 14.2. The Morgan fingerprint density at radius 2 is 2.07 bits per heavy atom. The number of morpholine rings is 1. The zero-order valence-corrected chi connectivity index (χ0v) is 18.5. The summed E-state index contributed by atoms with van der Waals surface area (Å²) in [6.07, 6.45) is 1.25. The minimum Gasteiger partial charge on any atom is -0.497 e. The predicted octanol–water partition coefficient (Wildman–Crippen LogP) is 4.46. The average molecular weight is 434 g/mol. The average Bonchev–Trinajstić information content (AvgIpc) is 2.71. The van der Waals surface area contributed by atoms with Gasteiger partial charge in [0.25, 0.3) is 0 Å². The maximum absolute atomic E-state index is 12.4. The van der Waals surface area contributed by atoms with Gasteiger partial charge in [-0.05, 0) is 44.5 Å². The van der Waals surface area contributed by atoms with Crippen LogP contribution in [-0.4, -0.2) is 61.0 Å². The summed E-state index contributed by atoms with van der Waals surface area (Å²) >= 11 is 6.13. The van der Waals surface area contributed by atoms with Crippen LogP contribution in [0.15, 0.2) is 36.5 Å². The van der Waals surface area contributed by atoms with Gasteiger partial charge in [-0.3, -0.25) is 0 Å². The predicted molar refractivity (Wildman–Crippen MR) is 117 cm³/mol. The van der Waals surface area contributed by atoms with Gasteiger partial charge in [-0.25, -0.2) is 9.78 Å². The summed E-state index contributed by atoms with van der Waals surface area (Å²) in [7, 11) is 1.64. The van der Waals surface area contributed by atoms with Gasteiger partial charge in [0.1, 0.15) is 16.5 Å². The highest BCUT2D eigenvalue weighted by atomic mass is 35.5. The lowest BCUT2D eigenvalue weighted by Gasteiger charge is -2.34. The lowest BCUT2D eigenvalue weighted by molar-refractivity contribution is -0.0371. The molecule has 1 aromatic heterocycles. The Labute approximate surface area is 182 Å². The smallest absolute Gasteiger partial charge is 0.410 e. The number of ether oxygens (including phenoxy) is 3. The number of hydrogen-bond donors (Lipinski definition) is 1. The fraction of sp³-hybridized carbons (Fsp3) is 0.455. The summed E-state index contributed by atoms with van der Waals surface area (Å²) in [5, 5.41) is 3.80. The molecule has 0 saturated carbocycles. The van der Waals surface area contributed by atoms with Crippen LogP contribution in [0, 0.1) is 0 Å². The molecule has 1 saturated heterocycles. The Hall–Kier alpha value is -2.51. The molecule has 0 unspecified atom stereocenters. The topological polar surface area (TPSA) is 72.9 Å². The number of nitrogens with zero attached hydrogens (tertiary/aromatic N) is 2. The number of anilines is 1. The van der Waals surface area contributed by atoms with E-state index in [0.29, 0.717) is 31.4 Å². The highest BCUT2D eigenvalue weighted by molar-refractivity contribution is 6.29. The molecule has 2 heterocycles. The van der Waals surface area contributed by atoms with Gasteiger partial charge in [0.15, 0.2) is 0 Å². The zero-order chi connectivity index (χ0) is 21.7. The van der Waals surface area contributed by atoms with Gasteiger partial charge in [0.05, 0.1) is 26.4 Å². The van der Waals surface area contributed by atoms with E-state index in [9.17, 15) is 4.79 Å². The fourth-order valence-corrected chi connectivity index (χ4v) is 3.29. The molecule has 0 radical (unpaired) electrons. The van der Waals surface area contributed by atoms with Gasteiger partial charge in [0, 0.05) is 30.5 Å². The molecule has 162 valence electrons. The second kappa shape index (κ2) is 9.53. The lowest BCUT2D eigenvalue weighted by Crippen LogP contribution is -2.49. The van der Waals surface area contributed by atoms with Crippen LogP contribution >= 0.6 is 11.6 Å². The van der Waals surface area contributed by atoms with E-state index in [1.54, 1.807) is 24.3 Å². The van der Waals surface area contributed by atoms with Gasteiger partial charge in [-0.1, -0.05) is 23.7 Å². The van der Waals surface area contributed by atoms with Crippen molar-refractivity contribution in [1.82, 2.24) is 9.88 Å². The van der Waals surface area contributed by atoms with Crippen molar-refractivity contribution in [2.24, 2.45) is 0 Å². The maximum atomic E-state index is 12.4. The number of amides is 1.